The topological polar surface area (TPSA) is 29.1 Å². The van der Waals surface area contributed by atoms with Crippen LogP contribution in [0.25, 0.3) is 0 Å². The van der Waals surface area contributed by atoms with Crippen LogP contribution >= 0.6 is 23.5 Å². The maximum Gasteiger partial charge on any atom is 0.255 e. The number of para-hydroxylation sites is 1. The second kappa shape index (κ2) is 6.58. The van der Waals surface area contributed by atoms with Crippen LogP contribution in [0.2, 0.25) is 0 Å². The summed E-state index contributed by atoms with van der Waals surface area (Å²) in [6, 6.07) is 15.8. The second-order valence-corrected chi connectivity index (χ2v) is 7.69. The van der Waals surface area contributed by atoms with Gasteiger partial charge in [0.2, 0.25) is 0 Å². The Kier molecular flexibility index (Phi) is 4.56. The minimum Gasteiger partial charge on any atom is -0.322 e. The highest BCUT2D eigenvalue weighted by Crippen LogP contribution is 2.45. The number of carbonyl (C=O) groups excluding carboxylic acids is 1. The molecule has 1 aliphatic heterocycles. The summed E-state index contributed by atoms with van der Waals surface area (Å²) in [6.07, 6.45) is 0. The number of thioether (sulfide) groups is 2. The van der Waals surface area contributed by atoms with Crippen molar-refractivity contribution in [1.29, 1.82) is 0 Å². The molecule has 0 aliphatic carbocycles. The summed E-state index contributed by atoms with van der Waals surface area (Å²) in [5.74, 6) is 2.37. The van der Waals surface area contributed by atoms with Gasteiger partial charge in [0, 0.05) is 22.8 Å². The molecule has 1 N–H and O–H groups in total. The van der Waals surface area contributed by atoms with Gasteiger partial charge >= 0.3 is 0 Å². The van der Waals surface area contributed by atoms with Gasteiger partial charge in [-0.25, -0.2) is 0 Å². The number of hydrogen-bond donors (Lipinski definition) is 1. The molecule has 0 spiro atoms. The van der Waals surface area contributed by atoms with Crippen LogP contribution in [-0.2, 0) is 0 Å². The molecular formula is C17H17NOS2. The van der Waals surface area contributed by atoms with Crippen LogP contribution in [0.1, 0.15) is 26.1 Å². The molecule has 21 heavy (non-hydrogen) atoms. The normalized spacial score (nSPS) is 15.1. The molecule has 1 fully saturated rings. The Morgan fingerprint density at radius 2 is 1.71 bits per heavy atom. The molecule has 3 rings (SSSR count). The molecule has 0 aromatic heterocycles. The van der Waals surface area contributed by atoms with Crippen molar-refractivity contribution in [3.8, 4) is 0 Å². The van der Waals surface area contributed by atoms with Crippen molar-refractivity contribution in [3.05, 3.63) is 65.2 Å². The van der Waals surface area contributed by atoms with Crippen molar-refractivity contribution in [2.75, 3.05) is 16.8 Å². The third-order valence-electron chi connectivity index (χ3n) is 3.46. The fraction of sp³-hybridized carbons (Fsp3) is 0.235. The van der Waals surface area contributed by atoms with Crippen LogP contribution in [0.3, 0.4) is 0 Å². The molecule has 108 valence electrons. The van der Waals surface area contributed by atoms with E-state index in [2.05, 4.69) is 17.4 Å². The van der Waals surface area contributed by atoms with Crippen LogP contribution in [-0.4, -0.2) is 17.4 Å². The first-order valence-electron chi connectivity index (χ1n) is 6.94. The van der Waals surface area contributed by atoms with Crippen LogP contribution in [0.4, 0.5) is 5.69 Å². The van der Waals surface area contributed by atoms with Crippen LogP contribution in [0, 0.1) is 6.92 Å². The molecular weight excluding hydrogens is 298 g/mol. The number of nitrogens with one attached hydrogen (secondary N) is 1. The van der Waals surface area contributed by atoms with Gasteiger partial charge in [-0.2, -0.15) is 0 Å². The Morgan fingerprint density at radius 1 is 1.05 bits per heavy atom. The number of benzene rings is 2. The van der Waals surface area contributed by atoms with Crippen molar-refractivity contribution >= 4 is 35.1 Å². The van der Waals surface area contributed by atoms with Gasteiger partial charge in [0.15, 0.2) is 0 Å². The maximum absolute atomic E-state index is 12.3. The highest BCUT2D eigenvalue weighted by Gasteiger charge is 2.18. The van der Waals surface area contributed by atoms with Gasteiger partial charge in [0.05, 0.1) is 4.58 Å². The van der Waals surface area contributed by atoms with E-state index in [-0.39, 0.29) is 5.91 Å². The Labute approximate surface area is 133 Å². The summed E-state index contributed by atoms with van der Waals surface area (Å²) in [4.78, 5) is 12.3. The number of carbonyl (C=O) groups is 1. The predicted molar refractivity (Wildman–Crippen MR) is 93.2 cm³/mol. The zero-order chi connectivity index (χ0) is 14.7. The summed E-state index contributed by atoms with van der Waals surface area (Å²) in [6.45, 7) is 1.99. The van der Waals surface area contributed by atoms with Gasteiger partial charge in [0.25, 0.3) is 5.91 Å². The molecule has 2 aromatic rings. The van der Waals surface area contributed by atoms with E-state index >= 15 is 0 Å². The van der Waals surface area contributed by atoms with Gasteiger partial charge in [-0.15, -0.1) is 23.5 Å². The molecule has 0 unspecified atom stereocenters. The second-order valence-electron chi connectivity index (χ2n) is 4.96. The largest absolute Gasteiger partial charge is 0.322 e. The van der Waals surface area contributed by atoms with Crippen molar-refractivity contribution in [3.63, 3.8) is 0 Å². The molecule has 1 aliphatic rings. The Bertz CT molecular complexity index is 633. The smallest absolute Gasteiger partial charge is 0.255 e. The first kappa shape index (κ1) is 14.5. The van der Waals surface area contributed by atoms with Gasteiger partial charge in [-0.05, 0) is 36.2 Å². The zero-order valence-electron chi connectivity index (χ0n) is 11.8. The van der Waals surface area contributed by atoms with Crippen molar-refractivity contribution in [2.45, 2.75) is 11.5 Å². The van der Waals surface area contributed by atoms with Crippen LogP contribution in [0.5, 0.6) is 0 Å². The molecule has 4 heteroatoms. The van der Waals surface area contributed by atoms with Gasteiger partial charge in [-0.3, -0.25) is 4.79 Å². The highest BCUT2D eigenvalue weighted by atomic mass is 32.2. The average Bonchev–Trinajstić information content (AvgIpc) is 3.04. The molecule has 1 heterocycles. The SMILES string of the molecule is Cc1ccccc1NC(=O)c1ccc(C2SCCS2)cc1. The van der Waals surface area contributed by atoms with E-state index in [1.165, 1.54) is 17.1 Å². The van der Waals surface area contributed by atoms with E-state index in [1.54, 1.807) is 0 Å². The standard InChI is InChI=1S/C17H17NOS2/c1-12-4-2-3-5-15(12)18-16(19)13-6-8-14(9-7-13)17-20-10-11-21-17/h2-9,17H,10-11H2,1H3,(H,18,19). The summed E-state index contributed by atoms with van der Waals surface area (Å²) in [5.41, 5.74) is 3.94. The number of hydrogen-bond acceptors (Lipinski definition) is 3. The molecule has 0 atom stereocenters. The molecule has 0 bridgehead atoms. The average molecular weight is 315 g/mol. The highest BCUT2D eigenvalue weighted by molar-refractivity contribution is 8.19. The van der Waals surface area contributed by atoms with Gasteiger partial charge in [0.1, 0.15) is 0 Å². The van der Waals surface area contributed by atoms with E-state index in [4.69, 9.17) is 0 Å². The molecule has 2 aromatic carbocycles. The summed E-state index contributed by atoms with van der Waals surface area (Å²) in [5, 5.41) is 2.97. The Morgan fingerprint density at radius 3 is 2.38 bits per heavy atom. The fourth-order valence-corrected chi connectivity index (χ4v) is 5.11. The zero-order valence-corrected chi connectivity index (χ0v) is 13.5. The van der Waals surface area contributed by atoms with E-state index < -0.39 is 0 Å². The number of aryl methyl sites for hydroxylation is 1. The Hall–Kier alpha value is -1.39. The Balaban J connectivity index is 1.71. The van der Waals surface area contributed by atoms with Crippen molar-refractivity contribution in [1.82, 2.24) is 0 Å². The molecule has 2 nitrogen and oxygen atoms in total. The van der Waals surface area contributed by atoms with Crippen LogP contribution < -0.4 is 5.32 Å². The van der Waals surface area contributed by atoms with E-state index in [9.17, 15) is 4.79 Å². The summed E-state index contributed by atoms with van der Waals surface area (Å²) in [7, 11) is 0. The molecule has 1 saturated heterocycles. The lowest BCUT2D eigenvalue weighted by Gasteiger charge is -2.10. The molecule has 1 amide bonds. The minimum atomic E-state index is -0.0532. The third-order valence-corrected chi connectivity index (χ3v) is 6.56. The lowest BCUT2D eigenvalue weighted by molar-refractivity contribution is 0.102. The number of amides is 1. The molecule has 0 radical (unpaired) electrons. The summed E-state index contributed by atoms with van der Waals surface area (Å²) < 4.78 is 0.526. The predicted octanol–water partition coefficient (Wildman–Crippen LogP) is 4.73. The minimum absolute atomic E-state index is 0.0532. The maximum atomic E-state index is 12.3. The van der Waals surface area contributed by atoms with Crippen molar-refractivity contribution in [2.24, 2.45) is 0 Å². The first-order valence-corrected chi connectivity index (χ1v) is 9.04. The summed E-state index contributed by atoms with van der Waals surface area (Å²) >= 11 is 3.95. The van der Waals surface area contributed by atoms with Gasteiger partial charge in [-0.1, -0.05) is 30.3 Å². The lowest BCUT2D eigenvalue weighted by atomic mass is 10.1. The van der Waals surface area contributed by atoms with E-state index in [0.29, 0.717) is 10.1 Å². The molecule has 0 saturated carbocycles. The number of rotatable bonds is 3. The lowest BCUT2D eigenvalue weighted by Crippen LogP contribution is -2.12. The van der Waals surface area contributed by atoms with Crippen LogP contribution in [0.15, 0.2) is 48.5 Å². The van der Waals surface area contributed by atoms with E-state index in [1.807, 2.05) is 66.8 Å². The quantitative estimate of drug-likeness (QED) is 0.888. The first-order chi connectivity index (χ1) is 10.2. The fourth-order valence-electron chi connectivity index (χ4n) is 2.25. The van der Waals surface area contributed by atoms with Crippen molar-refractivity contribution < 1.29 is 4.79 Å². The van der Waals surface area contributed by atoms with Gasteiger partial charge < -0.3 is 5.32 Å². The number of anilines is 1. The monoisotopic (exact) mass is 315 g/mol. The van der Waals surface area contributed by atoms with E-state index in [0.717, 1.165) is 11.3 Å². The third kappa shape index (κ3) is 3.44.